The summed E-state index contributed by atoms with van der Waals surface area (Å²) < 4.78 is 27.6. The van der Waals surface area contributed by atoms with E-state index in [-0.39, 0.29) is 17.6 Å². The molecule has 1 aliphatic rings. The molecule has 106 valence electrons. The van der Waals surface area contributed by atoms with Crippen molar-refractivity contribution in [1.29, 1.82) is 0 Å². The van der Waals surface area contributed by atoms with E-state index in [0.717, 1.165) is 0 Å². The molecule has 0 bridgehead atoms. The lowest BCUT2D eigenvalue weighted by Crippen LogP contribution is -2.46. The minimum Gasteiger partial charge on any atom is -0.481 e. The van der Waals surface area contributed by atoms with Crippen LogP contribution >= 0.6 is 0 Å². The Balaban J connectivity index is 2.24. The number of piperidine rings is 1. The molecule has 1 fully saturated rings. The average molecular weight is 287 g/mol. The third-order valence-corrected chi connectivity index (χ3v) is 5.60. The first kappa shape index (κ1) is 14.0. The van der Waals surface area contributed by atoms with Gasteiger partial charge in [-0.15, -0.1) is 0 Å². The Morgan fingerprint density at radius 2 is 2.21 bits per heavy atom. The summed E-state index contributed by atoms with van der Waals surface area (Å²) in [5, 5.41) is 13.0. The molecule has 8 heteroatoms. The summed E-state index contributed by atoms with van der Waals surface area (Å²) in [5.41, 5.74) is 0. The molecular formula is C11H17N3O4S. The highest BCUT2D eigenvalue weighted by Crippen LogP contribution is 2.28. The van der Waals surface area contributed by atoms with Crippen LogP contribution in [-0.4, -0.2) is 46.2 Å². The van der Waals surface area contributed by atoms with Crippen molar-refractivity contribution in [2.45, 2.75) is 30.8 Å². The molecule has 0 spiro atoms. The molecule has 1 aliphatic heterocycles. The summed E-state index contributed by atoms with van der Waals surface area (Å²) in [6, 6.07) is 1.13. The van der Waals surface area contributed by atoms with Gasteiger partial charge in [0, 0.05) is 19.6 Å². The van der Waals surface area contributed by atoms with Crippen molar-refractivity contribution in [3.05, 3.63) is 12.3 Å². The van der Waals surface area contributed by atoms with Crippen LogP contribution in [0.3, 0.4) is 0 Å². The Kier molecular flexibility index (Phi) is 3.64. The molecule has 19 heavy (non-hydrogen) atoms. The molecule has 0 saturated carbocycles. The summed E-state index contributed by atoms with van der Waals surface area (Å²) in [6.07, 6.45) is 2.12. The quantitative estimate of drug-likeness (QED) is 0.862. The maximum Gasteiger partial charge on any atom is 0.306 e. The number of hydrogen-bond acceptors (Lipinski definition) is 4. The van der Waals surface area contributed by atoms with Gasteiger partial charge in [0.1, 0.15) is 0 Å². The van der Waals surface area contributed by atoms with Gasteiger partial charge >= 0.3 is 5.97 Å². The minimum atomic E-state index is -3.61. The molecule has 0 amide bonds. The Morgan fingerprint density at radius 3 is 2.68 bits per heavy atom. The van der Waals surface area contributed by atoms with Crippen molar-refractivity contribution < 1.29 is 18.3 Å². The van der Waals surface area contributed by atoms with Gasteiger partial charge < -0.3 is 5.11 Å². The number of aromatic nitrogens is 2. The smallest absolute Gasteiger partial charge is 0.306 e. The fraction of sp³-hybridized carbons (Fsp3) is 0.636. The molecular weight excluding hydrogens is 270 g/mol. The fourth-order valence-electron chi connectivity index (χ4n) is 2.47. The topological polar surface area (TPSA) is 92.5 Å². The van der Waals surface area contributed by atoms with Gasteiger partial charge in [-0.25, -0.2) is 8.42 Å². The standard InChI is InChI=1S/C11H17N3O4S/c1-8-7-9(11(15)16)4-6-14(8)19(17,18)10-3-5-12-13(10)2/h3,5,8-9H,4,6-7H2,1-2H3,(H,15,16). The number of hydrogen-bond donors (Lipinski definition) is 1. The molecule has 1 saturated heterocycles. The van der Waals surface area contributed by atoms with E-state index >= 15 is 0 Å². The van der Waals surface area contributed by atoms with Gasteiger partial charge in [0.15, 0.2) is 5.03 Å². The fourth-order valence-corrected chi connectivity index (χ4v) is 4.23. The maximum absolute atomic E-state index is 12.5. The van der Waals surface area contributed by atoms with Crippen LogP contribution < -0.4 is 0 Å². The highest BCUT2D eigenvalue weighted by atomic mass is 32.2. The molecule has 2 atom stereocenters. The molecule has 2 rings (SSSR count). The van der Waals surface area contributed by atoms with Crippen LogP contribution in [0.25, 0.3) is 0 Å². The number of carbonyl (C=O) groups is 1. The van der Waals surface area contributed by atoms with Crippen molar-refractivity contribution in [3.8, 4) is 0 Å². The number of nitrogens with zero attached hydrogens (tertiary/aromatic N) is 3. The molecule has 1 N–H and O–H groups in total. The lowest BCUT2D eigenvalue weighted by Gasteiger charge is -2.34. The Labute approximate surface area is 111 Å². The monoisotopic (exact) mass is 287 g/mol. The zero-order valence-corrected chi connectivity index (χ0v) is 11.7. The predicted octanol–water partition coefficient (Wildman–Crippen LogP) is 0.294. The van der Waals surface area contributed by atoms with Crippen LogP contribution in [0.1, 0.15) is 19.8 Å². The van der Waals surface area contributed by atoms with Gasteiger partial charge in [-0.3, -0.25) is 9.48 Å². The molecule has 7 nitrogen and oxygen atoms in total. The van der Waals surface area contributed by atoms with E-state index in [4.69, 9.17) is 5.11 Å². The second-order valence-corrected chi connectivity index (χ2v) is 6.65. The molecule has 1 aromatic heterocycles. The SMILES string of the molecule is CC1CC(C(=O)O)CCN1S(=O)(=O)c1ccnn1C. The number of aryl methyl sites for hydroxylation is 1. The van der Waals surface area contributed by atoms with Gasteiger partial charge in [0.25, 0.3) is 10.0 Å². The van der Waals surface area contributed by atoms with Crippen molar-refractivity contribution in [2.75, 3.05) is 6.54 Å². The van der Waals surface area contributed by atoms with E-state index < -0.39 is 21.9 Å². The molecule has 1 aromatic rings. The number of rotatable bonds is 3. The van der Waals surface area contributed by atoms with Gasteiger partial charge in [-0.1, -0.05) is 0 Å². The summed E-state index contributed by atoms with van der Waals surface area (Å²) >= 11 is 0. The van der Waals surface area contributed by atoms with Crippen LogP contribution in [0.4, 0.5) is 0 Å². The maximum atomic E-state index is 12.5. The summed E-state index contributed by atoms with van der Waals surface area (Å²) in [7, 11) is -2.04. The molecule has 0 radical (unpaired) electrons. The highest BCUT2D eigenvalue weighted by Gasteiger charge is 2.37. The van der Waals surface area contributed by atoms with E-state index in [1.54, 1.807) is 14.0 Å². The zero-order valence-electron chi connectivity index (χ0n) is 10.9. The first-order valence-electron chi connectivity index (χ1n) is 6.06. The summed E-state index contributed by atoms with van der Waals surface area (Å²) in [6.45, 7) is 1.97. The zero-order chi connectivity index (χ0) is 14.2. The van der Waals surface area contributed by atoms with Crippen LogP contribution in [0.15, 0.2) is 17.3 Å². The van der Waals surface area contributed by atoms with E-state index in [1.807, 2.05) is 0 Å². The normalized spacial score (nSPS) is 25.4. The van der Waals surface area contributed by atoms with Gasteiger partial charge in [0.05, 0.1) is 12.1 Å². The largest absolute Gasteiger partial charge is 0.481 e. The molecule has 2 unspecified atom stereocenters. The predicted molar refractivity (Wildman–Crippen MR) is 66.9 cm³/mol. The van der Waals surface area contributed by atoms with Crippen molar-refractivity contribution in [3.63, 3.8) is 0 Å². The number of aliphatic carboxylic acids is 1. The lowest BCUT2D eigenvalue weighted by atomic mass is 9.93. The minimum absolute atomic E-state index is 0.133. The van der Waals surface area contributed by atoms with E-state index in [2.05, 4.69) is 5.10 Å². The number of carboxylic acids is 1. The number of carboxylic acid groups (broad SMARTS) is 1. The average Bonchev–Trinajstić information content (AvgIpc) is 2.75. The summed E-state index contributed by atoms with van der Waals surface area (Å²) in [4.78, 5) is 11.0. The van der Waals surface area contributed by atoms with Crippen molar-refractivity contribution in [2.24, 2.45) is 13.0 Å². The molecule has 2 heterocycles. The third kappa shape index (κ3) is 2.50. The van der Waals surface area contributed by atoms with Crippen molar-refractivity contribution >= 4 is 16.0 Å². The van der Waals surface area contributed by atoms with Crippen LogP contribution in [-0.2, 0) is 21.9 Å². The van der Waals surface area contributed by atoms with E-state index in [1.165, 1.54) is 21.3 Å². The number of sulfonamides is 1. The third-order valence-electron chi connectivity index (χ3n) is 3.51. The van der Waals surface area contributed by atoms with Crippen LogP contribution in [0, 0.1) is 5.92 Å². The van der Waals surface area contributed by atoms with E-state index in [0.29, 0.717) is 12.8 Å². The Hall–Kier alpha value is -1.41. The lowest BCUT2D eigenvalue weighted by molar-refractivity contribution is -0.143. The van der Waals surface area contributed by atoms with Gasteiger partial charge in [0.2, 0.25) is 0 Å². The first-order valence-corrected chi connectivity index (χ1v) is 7.50. The second-order valence-electron chi connectivity index (χ2n) is 4.82. The Bertz CT molecular complexity index is 581. The van der Waals surface area contributed by atoms with Gasteiger partial charge in [-0.05, 0) is 25.8 Å². The highest BCUT2D eigenvalue weighted by molar-refractivity contribution is 7.89. The van der Waals surface area contributed by atoms with Crippen LogP contribution in [0.2, 0.25) is 0 Å². The summed E-state index contributed by atoms with van der Waals surface area (Å²) in [5.74, 6) is -1.32. The Morgan fingerprint density at radius 1 is 1.53 bits per heavy atom. The second kappa shape index (κ2) is 4.93. The van der Waals surface area contributed by atoms with Gasteiger partial charge in [-0.2, -0.15) is 9.40 Å². The van der Waals surface area contributed by atoms with E-state index in [9.17, 15) is 13.2 Å². The van der Waals surface area contributed by atoms with Crippen LogP contribution in [0.5, 0.6) is 0 Å². The molecule has 0 aromatic carbocycles. The molecule has 0 aliphatic carbocycles. The first-order chi connectivity index (χ1) is 8.84. The van der Waals surface area contributed by atoms with Crippen molar-refractivity contribution in [1.82, 2.24) is 14.1 Å².